The van der Waals surface area contributed by atoms with Gasteiger partial charge in [-0.2, -0.15) is 54.0 Å². The number of nitro groups is 2. The first kappa shape index (κ1) is 50.8. The van der Waals surface area contributed by atoms with E-state index in [2.05, 4.69) is 17.6 Å². The number of nitrogens with one attached hydrogen (secondary N) is 2. The Bertz CT molecular complexity index is 1100. The van der Waals surface area contributed by atoms with Gasteiger partial charge in [-0.25, -0.2) is 0 Å². The molecule has 1 aromatic rings. The minimum Gasteiger partial charge on any atom is -0.392 e. The van der Waals surface area contributed by atoms with E-state index in [1.165, 1.54) is 63.5 Å². The fourth-order valence-electron chi connectivity index (χ4n) is 5.30. The molecule has 0 heterocycles. The molecular formula is C31H58N4O9S4. The second kappa shape index (κ2) is 28.2. The van der Waals surface area contributed by atoms with Crippen LogP contribution in [0.1, 0.15) is 84.0 Å². The average molecular weight is 759 g/mol. The van der Waals surface area contributed by atoms with Gasteiger partial charge in [0.25, 0.3) is 11.4 Å². The van der Waals surface area contributed by atoms with Gasteiger partial charge in [-0.05, 0) is 24.5 Å². The number of rotatable bonds is 22. The molecule has 4 unspecified atom stereocenters. The van der Waals surface area contributed by atoms with Crippen molar-refractivity contribution in [2.45, 2.75) is 120 Å². The van der Waals surface area contributed by atoms with E-state index in [1.54, 1.807) is 6.08 Å². The number of non-ortho nitro benzene ring substituents is 1. The molecule has 17 heteroatoms. The summed E-state index contributed by atoms with van der Waals surface area (Å²) < 4.78 is 0. The van der Waals surface area contributed by atoms with Gasteiger partial charge < -0.3 is 36.2 Å². The van der Waals surface area contributed by atoms with Crippen LogP contribution in [0, 0.1) is 20.2 Å². The molecule has 0 aromatic heterocycles. The van der Waals surface area contributed by atoms with Crippen LogP contribution >= 0.6 is 54.0 Å². The summed E-state index contributed by atoms with van der Waals surface area (Å²) in [6, 6.07) is 1.35. The summed E-state index contributed by atoms with van der Waals surface area (Å²) in [6.07, 6.45) is 13.4. The maximum atomic E-state index is 11.7. The number of unbranched alkanes of at least 4 members (excludes halogenated alkanes) is 11. The molecule has 6 atom stereocenters. The van der Waals surface area contributed by atoms with Crippen LogP contribution in [0.15, 0.2) is 42.0 Å². The molecule has 0 bridgehead atoms. The Labute approximate surface area is 311 Å². The molecule has 1 aromatic carbocycles. The van der Waals surface area contributed by atoms with E-state index in [-0.39, 0.29) is 71.8 Å². The SMILES string of the molecule is CCCCCCCCCCCCC/C=C/[C@@H](O)C(CNC1C=C(CO)C(O)C(O)[C@H]1O)Nc1ccc([N+](=O)[O-])cc1[N+](=O)[O-].S.S.S.S. The van der Waals surface area contributed by atoms with Crippen LogP contribution in [0.3, 0.4) is 0 Å². The number of hydrogen-bond acceptors (Lipinski definition) is 11. The molecule has 13 nitrogen and oxygen atoms in total. The molecule has 1 aliphatic carbocycles. The molecule has 0 fully saturated rings. The van der Waals surface area contributed by atoms with E-state index >= 15 is 0 Å². The van der Waals surface area contributed by atoms with E-state index in [0.717, 1.165) is 37.8 Å². The van der Waals surface area contributed by atoms with E-state index in [0.29, 0.717) is 0 Å². The highest BCUT2D eigenvalue weighted by Gasteiger charge is 2.37. The van der Waals surface area contributed by atoms with Crippen molar-refractivity contribution in [2.75, 3.05) is 18.5 Å². The molecule has 0 saturated heterocycles. The second-order valence-corrected chi connectivity index (χ2v) is 11.5. The minimum atomic E-state index is -1.56. The van der Waals surface area contributed by atoms with Crippen molar-refractivity contribution in [1.82, 2.24) is 5.32 Å². The zero-order valence-electron chi connectivity index (χ0n) is 27.6. The minimum absolute atomic E-state index is 0. The molecule has 280 valence electrons. The summed E-state index contributed by atoms with van der Waals surface area (Å²) in [5.41, 5.74) is -0.927. The monoisotopic (exact) mass is 758 g/mol. The largest absolute Gasteiger partial charge is 0.392 e. The zero-order chi connectivity index (χ0) is 32.5. The van der Waals surface area contributed by atoms with Crippen LogP contribution in [0.2, 0.25) is 0 Å². The van der Waals surface area contributed by atoms with Crippen LogP contribution in [-0.4, -0.2) is 85.0 Å². The third-order valence-electron chi connectivity index (χ3n) is 8.02. The Morgan fingerprint density at radius 2 is 1.42 bits per heavy atom. The molecule has 0 aliphatic heterocycles. The summed E-state index contributed by atoms with van der Waals surface area (Å²) >= 11 is 0. The van der Waals surface area contributed by atoms with Gasteiger partial charge in [0.2, 0.25) is 0 Å². The van der Waals surface area contributed by atoms with Gasteiger partial charge in [0.1, 0.15) is 24.0 Å². The summed E-state index contributed by atoms with van der Waals surface area (Å²) in [4.78, 5) is 21.3. The van der Waals surface area contributed by atoms with Crippen molar-refractivity contribution >= 4 is 71.0 Å². The second-order valence-electron chi connectivity index (χ2n) is 11.5. The average Bonchev–Trinajstić information content (AvgIpc) is 3.00. The van der Waals surface area contributed by atoms with Crippen LogP contribution in [0.25, 0.3) is 0 Å². The lowest BCUT2D eigenvalue weighted by Gasteiger charge is -2.35. The highest BCUT2D eigenvalue weighted by Crippen LogP contribution is 2.30. The van der Waals surface area contributed by atoms with Crippen molar-refractivity contribution in [3.05, 3.63) is 62.2 Å². The molecular weight excluding hydrogens is 701 g/mol. The molecule has 0 radical (unpaired) electrons. The number of anilines is 1. The molecule has 48 heavy (non-hydrogen) atoms. The van der Waals surface area contributed by atoms with Gasteiger partial charge in [0.15, 0.2) is 0 Å². The number of nitro benzene ring substituents is 2. The lowest BCUT2D eigenvalue weighted by Crippen LogP contribution is -2.56. The number of aliphatic hydroxyl groups excluding tert-OH is 5. The van der Waals surface area contributed by atoms with Crippen LogP contribution < -0.4 is 10.6 Å². The fourth-order valence-corrected chi connectivity index (χ4v) is 5.30. The third kappa shape index (κ3) is 17.4. The maximum Gasteiger partial charge on any atom is 0.299 e. The van der Waals surface area contributed by atoms with Gasteiger partial charge in [0.05, 0.1) is 40.7 Å². The molecule has 2 rings (SSSR count). The highest BCUT2D eigenvalue weighted by atomic mass is 32.1. The summed E-state index contributed by atoms with van der Waals surface area (Å²) in [5.74, 6) is 0. The van der Waals surface area contributed by atoms with Crippen molar-refractivity contribution in [2.24, 2.45) is 0 Å². The topological polar surface area (TPSA) is 211 Å². The van der Waals surface area contributed by atoms with Gasteiger partial charge in [-0.15, -0.1) is 0 Å². The number of hydrogen-bond donors (Lipinski definition) is 7. The Hall–Kier alpha value is -1.54. The molecule has 1 aliphatic rings. The summed E-state index contributed by atoms with van der Waals surface area (Å²) in [7, 11) is 0. The van der Waals surface area contributed by atoms with E-state index in [4.69, 9.17) is 0 Å². The number of allylic oxidation sites excluding steroid dienone is 1. The van der Waals surface area contributed by atoms with E-state index in [1.807, 2.05) is 6.08 Å². The first-order valence-electron chi connectivity index (χ1n) is 15.7. The Kier molecular flexibility index (Phi) is 29.9. The molecule has 0 spiro atoms. The summed E-state index contributed by atoms with van der Waals surface area (Å²) in [6.45, 7) is 1.61. The van der Waals surface area contributed by atoms with Crippen LogP contribution in [0.5, 0.6) is 0 Å². The molecule has 0 amide bonds. The standard InChI is InChI=1S/C31H50N4O9.4H2S/c1-2-3-4-5-6-7-8-9-10-11-12-13-14-15-28(37)26(20-32-25-18-22(21-36)29(38)31(40)30(25)39)33-24-17-16-23(34(41)42)19-27(24)35(43)44;;;;/h14-19,25-26,28-33,36-40H,2-13,20-21H2,1H3;4*1H2/b15-14+;;;;/t25?,26?,28-,29?,30+,31?;;;;/m1..../s1. The predicted octanol–water partition coefficient (Wildman–Crippen LogP) is 4.33. The Morgan fingerprint density at radius 1 is 0.854 bits per heavy atom. The smallest absolute Gasteiger partial charge is 0.299 e. The Morgan fingerprint density at radius 3 is 1.94 bits per heavy atom. The first-order chi connectivity index (χ1) is 21.1. The van der Waals surface area contributed by atoms with Crippen molar-refractivity contribution in [1.29, 1.82) is 0 Å². The van der Waals surface area contributed by atoms with Gasteiger partial charge in [-0.1, -0.05) is 89.4 Å². The van der Waals surface area contributed by atoms with Crippen molar-refractivity contribution in [3.8, 4) is 0 Å². The zero-order valence-corrected chi connectivity index (χ0v) is 31.6. The van der Waals surface area contributed by atoms with E-state index < -0.39 is 64.3 Å². The number of aliphatic hydroxyl groups is 5. The van der Waals surface area contributed by atoms with Gasteiger partial charge in [0, 0.05) is 12.6 Å². The summed E-state index contributed by atoms with van der Waals surface area (Å²) in [5, 5.41) is 79.9. The molecule has 0 saturated carbocycles. The van der Waals surface area contributed by atoms with Crippen molar-refractivity contribution in [3.63, 3.8) is 0 Å². The van der Waals surface area contributed by atoms with Crippen LogP contribution in [0.4, 0.5) is 17.1 Å². The van der Waals surface area contributed by atoms with E-state index in [9.17, 15) is 45.8 Å². The first-order valence-corrected chi connectivity index (χ1v) is 15.7. The normalized spacial score (nSPS) is 19.8. The maximum absolute atomic E-state index is 11.7. The lowest BCUT2D eigenvalue weighted by atomic mass is 9.88. The Balaban J connectivity index is -0.00000506. The van der Waals surface area contributed by atoms with Gasteiger partial charge in [-0.3, -0.25) is 20.2 Å². The number of benzene rings is 1. The quantitative estimate of drug-likeness (QED) is 0.0383. The third-order valence-corrected chi connectivity index (χ3v) is 8.02. The van der Waals surface area contributed by atoms with Gasteiger partial charge >= 0.3 is 0 Å². The molecule has 7 N–H and O–H groups in total. The fraction of sp³-hybridized carbons (Fsp3) is 0.677. The lowest BCUT2D eigenvalue weighted by molar-refractivity contribution is -0.393. The highest BCUT2D eigenvalue weighted by molar-refractivity contribution is 7.59. The predicted molar refractivity (Wildman–Crippen MR) is 210 cm³/mol. The van der Waals surface area contributed by atoms with Crippen molar-refractivity contribution < 1.29 is 35.4 Å². The number of nitrogens with zero attached hydrogens (tertiary/aromatic N) is 2. The van der Waals surface area contributed by atoms with Crippen LogP contribution in [-0.2, 0) is 0 Å².